The quantitative estimate of drug-likeness (QED) is 0.346. The van der Waals surface area contributed by atoms with Gasteiger partial charge in [-0.2, -0.15) is 5.10 Å². The maximum Gasteiger partial charge on any atom is 0.240 e. The molecule has 0 saturated carbocycles. The number of aromatic hydroxyl groups is 1. The Morgan fingerprint density at radius 3 is 2.18 bits per heavy atom. The number of halogens is 1. The molecule has 2 aromatic carbocycles. The van der Waals surface area contributed by atoms with Crippen LogP contribution in [0.25, 0.3) is 0 Å². The molecule has 0 spiro atoms. The first kappa shape index (κ1) is 27.5. The summed E-state index contributed by atoms with van der Waals surface area (Å²) in [7, 11) is 1.53. The first-order valence-electron chi connectivity index (χ1n) is 11.5. The zero-order chi connectivity index (χ0) is 25.7. The number of hydrogen-bond donors (Lipinski definition) is 2. The molecule has 0 aromatic heterocycles. The average Bonchev–Trinajstić information content (AvgIpc) is 2.71. The van der Waals surface area contributed by atoms with Crippen LogP contribution >= 0.6 is 11.6 Å². The van der Waals surface area contributed by atoms with Crippen molar-refractivity contribution in [3.05, 3.63) is 51.5 Å². The first-order chi connectivity index (χ1) is 15.8. The fourth-order valence-electron chi connectivity index (χ4n) is 3.60. The van der Waals surface area contributed by atoms with Crippen molar-refractivity contribution in [1.29, 1.82) is 0 Å². The Hall–Kier alpha value is -2.73. The number of carbonyl (C=O) groups is 1. The predicted molar refractivity (Wildman–Crippen MR) is 139 cm³/mol. The van der Waals surface area contributed by atoms with E-state index >= 15 is 0 Å². The van der Waals surface area contributed by atoms with Gasteiger partial charge in [-0.25, -0.2) is 5.43 Å². The van der Waals surface area contributed by atoms with Gasteiger partial charge in [0.2, 0.25) is 5.91 Å². The Morgan fingerprint density at radius 1 is 1.09 bits per heavy atom. The smallest absolute Gasteiger partial charge is 0.240 e. The molecule has 0 atom stereocenters. The van der Waals surface area contributed by atoms with Crippen molar-refractivity contribution >= 4 is 23.7 Å². The minimum absolute atomic E-state index is 0.205. The Balaban J connectivity index is 2.12. The van der Waals surface area contributed by atoms with Gasteiger partial charge in [-0.15, -0.1) is 0 Å². The summed E-state index contributed by atoms with van der Waals surface area (Å²) in [5, 5.41) is 15.3. The van der Waals surface area contributed by atoms with Crippen molar-refractivity contribution in [2.75, 3.05) is 13.7 Å². The van der Waals surface area contributed by atoms with Crippen LogP contribution < -0.4 is 14.9 Å². The van der Waals surface area contributed by atoms with Crippen LogP contribution in [-0.4, -0.2) is 30.9 Å². The molecular weight excluding hydrogens is 452 g/mol. The molecule has 0 bridgehead atoms. The SMILES string of the molecule is CCOc1cc(/C=N\NC(=O)CCc2cc(C(C)(C)C)c(O)c(C(C)(C)C)c2)cc(Cl)c1OC. The van der Waals surface area contributed by atoms with Crippen molar-refractivity contribution in [3.8, 4) is 17.2 Å². The molecule has 34 heavy (non-hydrogen) atoms. The third kappa shape index (κ3) is 7.13. The largest absolute Gasteiger partial charge is 0.507 e. The minimum Gasteiger partial charge on any atom is -0.507 e. The molecule has 0 aliphatic heterocycles. The van der Waals surface area contributed by atoms with Gasteiger partial charge < -0.3 is 14.6 Å². The van der Waals surface area contributed by atoms with Gasteiger partial charge in [0.15, 0.2) is 11.5 Å². The van der Waals surface area contributed by atoms with E-state index in [1.807, 2.05) is 19.1 Å². The van der Waals surface area contributed by atoms with Crippen LogP contribution in [0, 0.1) is 0 Å². The lowest BCUT2D eigenvalue weighted by atomic mass is 9.78. The summed E-state index contributed by atoms with van der Waals surface area (Å²) in [6, 6.07) is 7.44. The monoisotopic (exact) mass is 488 g/mol. The molecule has 0 aliphatic carbocycles. The molecule has 2 rings (SSSR count). The van der Waals surface area contributed by atoms with E-state index in [2.05, 4.69) is 52.1 Å². The topological polar surface area (TPSA) is 80.2 Å². The highest BCUT2D eigenvalue weighted by Gasteiger charge is 2.26. The fourth-order valence-corrected chi connectivity index (χ4v) is 3.89. The van der Waals surface area contributed by atoms with Gasteiger partial charge in [0.25, 0.3) is 0 Å². The number of carbonyl (C=O) groups excluding carboxylic acids is 1. The molecule has 1 amide bonds. The van der Waals surface area contributed by atoms with Gasteiger partial charge in [0.1, 0.15) is 5.75 Å². The number of nitrogens with one attached hydrogen (secondary N) is 1. The molecule has 0 saturated heterocycles. The standard InChI is InChI=1S/C27H37ClN2O4/c1-9-34-22-15-18(14-21(28)25(22)33-8)16-29-30-23(31)11-10-17-12-19(26(2,3)4)24(32)20(13-17)27(5,6)7/h12-16,32H,9-11H2,1-8H3,(H,30,31)/b29-16-. The molecule has 0 fully saturated rings. The number of hydrogen-bond acceptors (Lipinski definition) is 5. The molecule has 186 valence electrons. The van der Waals surface area contributed by atoms with Crippen molar-refractivity contribution in [2.45, 2.75) is 72.1 Å². The minimum atomic E-state index is -0.216. The second-order valence-corrected chi connectivity index (χ2v) is 10.7. The molecule has 7 heteroatoms. The van der Waals surface area contributed by atoms with Gasteiger partial charge in [0.05, 0.1) is 25.0 Å². The number of phenols is 1. The van der Waals surface area contributed by atoms with Crippen molar-refractivity contribution in [2.24, 2.45) is 5.10 Å². The Bertz CT molecular complexity index is 1010. The van der Waals surface area contributed by atoms with E-state index in [1.165, 1.54) is 13.3 Å². The number of aryl methyl sites for hydroxylation is 1. The molecule has 0 unspecified atom stereocenters. The highest BCUT2D eigenvalue weighted by atomic mass is 35.5. The second-order valence-electron chi connectivity index (χ2n) is 10.3. The summed E-state index contributed by atoms with van der Waals surface area (Å²) in [5.41, 5.74) is 5.59. The predicted octanol–water partition coefficient (Wildman–Crippen LogP) is 6.13. The summed E-state index contributed by atoms with van der Waals surface area (Å²) in [6.07, 6.45) is 2.32. The molecular formula is C27H37ClN2O4. The third-order valence-corrected chi connectivity index (χ3v) is 5.65. The van der Waals surface area contributed by atoms with Crippen molar-refractivity contribution < 1.29 is 19.4 Å². The van der Waals surface area contributed by atoms with Crippen LogP contribution in [0.4, 0.5) is 0 Å². The number of rotatable bonds is 8. The van der Waals surface area contributed by atoms with E-state index in [0.717, 1.165) is 16.7 Å². The fraction of sp³-hybridized carbons (Fsp3) is 0.481. The lowest BCUT2D eigenvalue weighted by molar-refractivity contribution is -0.121. The number of amides is 1. The van der Waals surface area contributed by atoms with Gasteiger partial charge >= 0.3 is 0 Å². The number of hydrazone groups is 1. The normalized spacial score (nSPS) is 12.1. The van der Waals surface area contributed by atoms with Crippen LogP contribution in [0.5, 0.6) is 17.2 Å². The molecule has 0 radical (unpaired) electrons. The van der Waals surface area contributed by atoms with E-state index in [1.54, 1.807) is 12.1 Å². The van der Waals surface area contributed by atoms with Gasteiger partial charge in [-0.1, -0.05) is 65.3 Å². The lowest BCUT2D eigenvalue weighted by Crippen LogP contribution is -2.20. The van der Waals surface area contributed by atoms with E-state index in [4.69, 9.17) is 21.1 Å². The Kier molecular flexibility index (Phi) is 9.01. The summed E-state index contributed by atoms with van der Waals surface area (Å²) < 4.78 is 10.8. The summed E-state index contributed by atoms with van der Waals surface area (Å²) >= 11 is 6.26. The summed E-state index contributed by atoms with van der Waals surface area (Å²) in [4.78, 5) is 12.4. The highest BCUT2D eigenvalue weighted by molar-refractivity contribution is 6.32. The molecule has 0 heterocycles. The number of nitrogens with zero attached hydrogens (tertiary/aromatic N) is 1. The zero-order valence-corrected chi connectivity index (χ0v) is 22.3. The van der Waals surface area contributed by atoms with E-state index in [-0.39, 0.29) is 23.2 Å². The maximum atomic E-state index is 12.4. The molecule has 6 nitrogen and oxygen atoms in total. The summed E-state index contributed by atoms with van der Waals surface area (Å²) in [5.74, 6) is 1.11. The van der Waals surface area contributed by atoms with Crippen LogP contribution in [0.15, 0.2) is 29.4 Å². The molecule has 2 N–H and O–H groups in total. The van der Waals surface area contributed by atoms with Crippen LogP contribution in [0.1, 0.15) is 77.1 Å². The third-order valence-electron chi connectivity index (χ3n) is 5.37. The van der Waals surface area contributed by atoms with E-state index in [0.29, 0.717) is 40.9 Å². The van der Waals surface area contributed by atoms with Gasteiger partial charge in [-0.3, -0.25) is 4.79 Å². The van der Waals surface area contributed by atoms with Gasteiger partial charge in [0, 0.05) is 6.42 Å². The van der Waals surface area contributed by atoms with Crippen LogP contribution in [0.2, 0.25) is 5.02 Å². The first-order valence-corrected chi connectivity index (χ1v) is 11.8. The van der Waals surface area contributed by atoms with E-state index in [9.17, 15) is 9.90 Å². The Labute approximate surface area is 208 Å². The van der Waals surface area contributed by atoms with Crippen molar-refractivity contribution in [1.82, 2.24) is 5.43 Å². The zero-order valence-electron chi connectivity index (χ0n) is 21.5. The lowest BCUT2D eigenvalue weighted by Gasteiger charge is -2.28. The number of methoxy groups -OCH3 is 1. The highest BCUT2D eigenvalue weighted by Crippen LogP contribution is 2.40. The molecule has 2 aromatic rings. The number of ether oxygens (including phenoxy) is 2. The Morgan fingerprint density at radius 2 is 1.68 bits per heavy atom. The average molecular weight is 489 g/mol. The second kappa shape index (κ2) is 11.1. The number of benzene rings is 2. The van der Waals surface area contributed by atoms with Crippen LogP contribution in [-0.2, 0) is 22.0 Å². The summed E-state index contributed by atoms with van der Waals surface area (Å²) in [6.45, 7) is 14.8. The maximum absolute atomic E-state index is 12.4. The van der Waals surface area contributed by atoms with Crippen LogP contribution in [0.3, 0.4) is 0 Å². The van der Waals surface area contributed by atoms with Crippen molar-refractivity contribution in [3.63, 3.8) is 0 Å². The van der Waals surface area contributed by atoms with Gasteiger partial charge in [-0.05, 0) is 58.6 Å². The number of phenolic OH excluding ortho intramolecular Hbond substituents is 1. The molecule has 0 aliphatic rings. The van der Waals surface area contributed by atoms with E-state index < -0.39 is 0 Å².